The summed E-state index contributed by atoms with van der Waals surface area (Å²) in [5.74, 6) is -0.0799. The van der Waals surface area contributed by atoms with Gasteiger partial charge in [0.15, 0.2) is 0 Å². The normalized spacial score (nSPS) is 13.6. The lowest BCUT2D eigenvalue weighted by Crippen LogP contribution is -2.45. The maximum Gasteiger partial charge on any atom is 0.220 e. The van der Waals surface area contributed by atoms with Crippen LogP contribution in [0.4, 0.5) is 0 Å². The molecule has 2 atom stereocenters. The minimum atomic E-state index is -0.852. The second-order valence-electron chi connectivity index (χ2n) is 9.81. The van der Waals surface area contributed by atoms with Gasteiger partial charge in [-0.25, -0.2) is 0 Å². The Morgan fingerprint density at radius 3 is 1.65 bits per heavy atom. The van der Waals surface area contributed by atoms with E-state index in [1.165, 1.54) is 83.5 Å². The number of carbonyl (C=O) groups excluding carboxylic acids is 1. The number of carbonyl (C=O) groups is 1. The van der Waals surface area contributed by atoms with Crippen LogP contribution in [0.25, 0.3) is 0 Å². The van der Waals surface area contributed by atoms with Gasteiger partial charge in [-0.15, -0.1) is 0 Å². The lowest BCUT2D eigenvalue weighted by molar-refractivity contribution is -0.123. The van der Waals surface area contributed by atoms with Gasteiger partial charge in [-0.05, 0) is 25.7 Å². The molecule has 0 aliphatic heterocycles. The number of aliphatic hydroxyl groups is 2. The summed E-state index contributed by atoms with van der Waals surface area (Å²) in [6.07, 6.45) is 31.2. The van der Waals surface area contributed by atoms with E-state index in [4.69, 9.17) is 0 Å². The first-order valence-electron chi connectivity index (χ1n) is 14.6. The van der Waals surface area contributed by atoms with E-state index in [1.807, 2.05) is 6.08 Å². The van der Waals surface area contributed by atoms with Crippen molar-refractivity contribution in [3.05, 3.63) is 24.3 Å². The average molecular weight is 480 g/mol. The van der Waals surface area contributed by atoms with Gasteiger partial charge in [0.1, 0.15) is 0 Å². The number of allylic oxidation sites excluding steroid dienone is 3. The van der Waals surface area contributed by atoms with Crippen LogP contribution in [-0.4, -0.2) is 34.9 Å². The Morgan fingerprint density at radius 2 is 1.15 bits per heavy atom. The van der Waals surface area contributed by atoms with Gasteiger partial charge in [0.2, 0.25) is 5.91 Å². The molecule has 4 nitrogen and oxygen atoms in total. The van der Waals surface area contributed by atoms with Crippen molar-refractivity contribution in [2.75, 3.05) is 6.61 Å². The fourth-order valence-corrected chi connectivity index (χ4v) is 4.14. The zero-order valence-corrected chi connectivity index (χ0v) is 22.6. The minimum Gasteiger partial charge on any atom is -0.394 e. The maximum absolute atomic E-state index is 12.2. The van der Waals surface area contributed by atoms with E-state index in [9.17, 15) is 15.0 Å². The first-order valence-corrected chi connectivity index (χ1v) is 14.6. The number of nitrogens with one attached hydrogen (secondary N) is 1. The molecule has 0 saturated carbocycles. The first-order chi connectivity index (χ1) is 16.7. The molecule has 0 heterocycles. The molecule has 0 spiro atoms. The molecule has 0 aromatic carbocycles. The predicted molar refractivity (Wildman–Crippen MR) is 147 cm³/mol. The van der Waals surface area contributed by atoms with E-state index in [0.29, 0.717) is 6.42 Å². The lowest BCUT2D eigenvalue weighted by atomic mass is 10.0. The summed E-state index contributed by atoms with van der Waals surface area (Å²) in [5, 5.41) is 22.5. The van der Waals surface area contributed by atoms with Crippen molar-refractivity contribution in [3.8, 4) is 0 Å². The molecule has 0 saturated heterocycles. The van der Waals surface area contributed by atoms with E-state index >= 15 is 0 Å². The number of amides is 1. The van der Waals surface area contributed by atoms with Crippen molar-refractivity contribution in [1.29, 1.82) is 0 Å². The molecule has 34 heavy (non-hydrogen) atoms. The largest absolute Gasteiger partial charge is 0.394 e. The Labute approximate surface area is 211 Å². The van der Waals surface area contributed by atoms with Crippen LogP contribution in [0.2, 0.25) is 0 Å². The number of rotatable bonds is 25. The third-order valence-corrected chi connectivity index (χ3v) is 6.42. The Hall–Kier alpha value is -1.13. The molecule has 0 bridgehead atoms. The third kappa shape index (κ3) is 22.7. The lowest BCUT2D eigenvalue weighted by Gasteiger charge is -2.19. The predicted octanol–water partition coefficient (Wildman–Crippen LogP) is 7.78. The van der Waals surface area contributed by atoms with Crippen molar-refractivity contribution in [1.82, 2.24) is 5.32 Å². The zero-order chi connectivity index (χ0) is 25.1. The molecule has 0 aromatic rings. The Morgan fingerprint density at radius 1 is 0.676 bits per heavy atom. The Bertz CT molecular complexity index is 489. The highest BCUT2D eigenvalue weighted by molar-refractivity contribution is 5.76. The average Bonchev–Trinajstić information content (AvgIpc) is 2.84. The molecular formula is C30H57NO3. The van der Waals surface area contributed by atoms with Crippen LogP contribution in [-0.2, 0) is 4.79 Å². The van der Waals surface area contributed by atoms with Gasteiger partial charge >= 0.3 is 0 Å². The second kappa shape index (κ2) is 26.5. The molecule has 2 unspecified atom stereocenters. The molecule has 0 rings (SSSR count). The Kier molecular flexibility index (Phi) is 25.6. The summed E-state index contributed by atoms with van der Waals surface area (Å²) in [7, 11) is 0. The SMILES string of the molecule is CCC/C=C/CC/C=C/C(O)C(CO)NC(=O)CCCCCCCCCCCCCCCCC. The molecule has 3 N–H and O–H groups in total. The van der Waals surface area contributed by atoms with Crippen LogP contribution < -0.4 is 5.32 Å². The molecule has 0 aromatic heterocycles. The monoisotopic (exact) mass is 479 g/mol. The molecule has 0 radical (unpaired) electrons. The van der Waals surface area contributed by atoms with Crippen LogP contribution >= 0.6 is 0 Å². The highest BCUT2D eigenvalue weighted by Gasteiger charge is 2.17. The van der Waals surface area contributed by atoms with E-state index in [2.05, 4.69) is 31.3 Å². The van der Waals surface area contributed by atoms with Crippen molar-refractivity contribution < 1.29 is 15.0 Å². The fourth-order valence-electron chi connectivity index (χ4n) is 4.14. The van der Waals surface area contributed by atoms with Crippen LogP contribution in [0.1, 0.15) is 142 Å². The van der Waals surface area contributed by atoms with Gasteiger partial charge in [-0.3, -0.25) is 4.79 Å². The van der Waals surface area contributed by atoms with Crippen LogP contribution in [0.3, 0.4) is 0 Å². The topological polar surface area (TPSA) is 69.6 Å². The van der Waals surface area contributed by atoms with Crippen molar-refractivity contribution in [2.45, 2.75) is 154 Å². The number of hydrogen-bond acceptors (Lipinski definition) is 3. The molecule has 0 aliphatic carbocycles. The summed E-state index contributed by atoms with van der Waals surface area (Å²) >= 11 is 0. The van der Waals surface area contributed by atoms with Gasteiger partial charge in [-0.2, -0.15) is 0 Å². The van der Waals surface area contributed by atoms with Crippen molar-refractivity contribution in [2.24, 2.45) is 0 Å². The quantitative estimate of drug-likeness (QED) is 0.0924. The molecular weight excluding hydrogens is 422 g/mol. The van der Waals surface area contributed by atoms with Gasteiger partial charge in [0.05, 0.1) is 18.8 Å². The van der Waals surface area contributed by atoms with Gasteiger partial charge in [0.25, 0.3) is 0 Å². The molecule has 0 fully saturated rings. The van der Waals surface area contributed by atoms with Crippen molar-refractivity contribution >= 4 is 5.91 Å². The fraction of sp³-hybridized carbons (Fsp3) is 0.833. The first kappa shape index (κ1) is 32.9. The van der Waals surface area contributed by atoms with Crippen molar-refractivity contribution in [3.63, 3.8) is 0 Å². The standard InChI is InChI=1S/C30H57NO3/c1-3-5-7-9-11-12-13-14-15-16-17-18-20-22-24-26-30(34)31-28(27-32)29(33)25-23-21-19-10-8-6-4-2/h8,10,23,25,28-29,32-33H,3-7,9,11-22,24,26-27H2,1-2H3,(H,31,34)/b10-8+,25-23+. The van der Waals surface area contributed by atoms with Crippen LogP contribution in [0, 0.1) is 0 Å². The van der Waals surface area contributed by atoms with E-state index in [-0.39, 0.29) is 12.5 Å². The van der Waals surface area contributed by atoms with Crippen LogP contribution in [0.5, 0.6) is 0 Å². The van der Waals surface area contributed by atoms with Gasteiger partial charge in [0, 0.05) is 6.42 Å². The highest BCUT2D eigenvalue weighted by Crippen LogP contribution is 2.13. The number of hydrogen-bond donors (Lipinski definition) is 3. The van der Waals surface area contributed by atoms with E-state index in [1.54, 1.807) is 6.08 Å². The molecule has 1 amide bonds. The summed E-state index contributed by atoms with van der Waals surface area (Å²) in [6, 6.07) is -0.629. The van der Waals surface area contributed by atoms with Gasteiger partial charge < -0.3 is 15.5 Å². The molecule has 4 heteroatoms. The summed E-state index contributed by atoms with van der Waals surface area (Å²) < 4.78 is 0. The smallest absolute Gasteiger partial charge is 0.220 e. The summed E-state index contributed by atoms with van der Waals surface area (Å²) in [5.41, 5.74) is 0. The minimum absolute atomic E-state index is 0.0799. The molecule has 200 valence electrons. The summed E-state index contributed by atoms with van der Waals surface area (Å²) in [4.78, 5) is 12.2. The van der Waals surface area contributed by atoms with Crippen LogP contribution in [0.15, 0.2) is 24.3 Å². The maximum atomic E-state index is 12.2. The molecule has 0 aliphatic rings. The summed E-state index contributed by atoms with van der Waals surface area (Å²) in [6.45, 7) is 4.17. The highest BCUT2D eigenvalue weighted by atomic mass is 16.3. The third-order valence-electron chi connectivity index (χ3n) is 6.42. The van der Waals surface area contributed by atoms with E-state index < -0.39 is 12.1 Å². The number of unbranched alkanes of at least 4 members (excludes halogenated alkanes) is 16. The number of aliphatic hydroxyl groups excluding tert-OH is 2. The van der Waals surface area contributed by atoms with E-state index in [0.717, 1.165) is 38.5 Å². The van der Waals surface area contributed by atoms with Gasteiger partial charge in [-0.1, -0.05) is 134 Å². The second-order valence-corrected chi connectivity index (χ2v) is 9.81. The zero-order valence-electron chi connectivity index (χ0n) is 22.6. The Balaban J connectivity index is 3.63.